The quantitative estimate of drug-likeness (QED) is 0.838. The Morgan fingerprint density at radius 2 is 1.70 bits per heavy atom. The van der Waals surface area contributed by atoms with E-state index in [1.54, 1.807) is 6.07 Å². The van der Waals surface area contributed by atoms with E-state index in [0.717, 1.165) is 18.4 Å². The maximum Gasteiger partial charge on any atom is 0.123 e. The Balaban J connectivity index is 1.84. The fraction of sp³-hybridized carbons (Fsp3) is 0.333. The molecular weight excluding hydrogens is 251 g/mol. The zero-order valence-corrected chi connectivity index (χ0v) is 11.8. The molecule has 2 aromatic rings. The minimum absolute atomic E-state index is 0.248. The molecule has 2 heteroatoms. The third-order valence-corrected chi connectivity index (χ3v) is 3.50. The normalized spacial score (nSPS) is 13.9. The summed E-state index contributed by atoms with van der Waals surface area (Å²) in [5, 5.41) is 10.4. The van der Waals surface area contributed by atoms with E-state index in [9.17, 15) is 9.50 Å². The number of aryl methyl sites for hydroxylation is 1. The molecule has 0 radical (unpaired) electrons. The molecule has 0 aliphatic rings. The van der Waals surface area contributed by atoms with Crippen LogP contribution < -0.4 is 0 Å². The van der Waals surface area contributed by atoms with Crippen molar-refractivity contribution in [1.82, 2.24) is 0 Å². The summed E-state index contributed by atoms with van der Waals surface area (Å²) in [6.45, 7) is 1.82. The summed E-state index contributed by atoms with van der Waals surface area (Å²) >= 11 is 0. The van der Waals surface area contributed by atoms with E-state index in [4.69, 9.17) is 0 Å². The van der Waals surface area contributed by atoms with E-state index >= 15 is 0 Å². The molecule has 2 aromatic carbocycles. The monoisotopic (exact) mass is 272 g/mol. The van der Waals surface area contributed by atoms with E-state index in [2.05, 4.69) is 12.1 Å². The summed E-state index contributed by atoms with van der Waals surface area (Å²) in [5.41, 5.74) is 1.34. The lowest BCUT2D eigenvalue weighted by Gasteiger charge is -2.23. The maximum absolute atomic E-state index is 13.1. The lowest BCUT2D eigenvalue weighted by molar-refractivity contribution is 0.0492. The van der Waals surface area contributed by atoms with Crippen molar-refractivity contribution in [2.75, 3.05) is 0 Å². The zero-order chi connectivity index (χ0) is 14.4. The molecule has 1 nitrogen and oxygen atoms in total. The molecule has 0 aliphatic carbocycles. The smallest absolute Gasteiger partial charge is 0.123 e. The SMILES string of the molecule is CC(O)(CCCc1ccccc1)Cc1cccc(F)c1. The van der Waals surface area contributed by atoms with Crippen molar-refractivity contribution in [3.05, 3.63) is 71.5 Å². The number of benzene rings is 2. The first-order chi connectivity index (χ1) is 9.55. The molecule has 0 spiro atoms. The summed E-state index contributed by atoms with van der Waals surface area (Å²) < 4.78 is 13.1. The van der Waals surface area contributed by atoms with Crippen LogP contribution in [-0.4, -0.2) is 10.7 Å². The molecular formula is C18H21FO. The summed E-state index contributed by atoms with van der Waals surface area (Å²) in [7, 11) is 0. The number of rotatable bonds is 6. The molecule has 0 saturated carbocycles. The highest BCUT2D eigenvalue weighted by Gasteiger charge is 2.20. The molecule has 0 fully saturated rings. The lowest BCUT2D eigenvalue weighted by Crippen LogP contribution is -2.27. The van der Waals surface area contributed by atoms with Gasteiger partial charge in [-0.1, -0.05) is 42.5 Å². The van der Waals surface area contributed by atoms with Gasteiger partial charge in [-0.15, -0.1) is 0 Å². The van der Waals surface area contributed by atoms with Gasteiger partial charge in [0, 0.05) is 6.42 Å². The molecule has 0 aliphatic heterocycles. The standard InChI is InChI=1S/C18H21FO/c1-18(20,14-16-9-5-11-17(19)13-16)12-6-10-15-7-3-2-4-8-15/h2-5,7-9,11,13,20H,6,10,12,14H2,1H3. The van der Waals surface area contributed by atoms with E-state index < -0.39 is 5.60 Å². The average molecular weight is 272 g/mol. The van der Waals surface area contributed by atoms with Crippen LogP contribution in [0.15, 0.2) is 54.6 Å². The number of hydrogen-bond donors (Lipinski definition) is 1. The van der Waals surface area contributed by atoms with Gasteiger partial charge in [0.05, 0.1) is 5.60 Å². The second kappa shape index (κ2) is 6.67. The Morgan fingerprint density at radius 1 is 1.00 bits per heavy atom. The first-order valence-electron chi connectivity index (χ1n) is 7.06. The first kappa shape index (κ1) is 14.7. The van der Waals surface area contributed by atoms with E-state index in [-0.39, 0.29) is 5.82 Å². The van der Waals surface area contributed by atoms with Crippen LogP contribution in [0.2, 0.25) is 0 Å². The molecule has 20 heavy (non-hydrogen) atoms. The van der Waals surface area contributed by atoms with Crippen LogP contribution in [0.25, 0.3) is 0 Å². The van der Waals surface area contributed by atoms with E-state index in [0.29, 0.717) is 12.8 Å². The van der Waals surface area contributed by atoms with Crippen LogP contribution in [0.5, 0.6) is 0 Å². The van der Waals surface area contributed by atoms with Crippen LogP contribution in [-0.2, 0) is 12.8 Å². The average Bonchev–Trinajstić information content (AvgIpc) is 2.39. The Kier molecular flexibility index (Phi) is 4.91. The summed E-state index contributed by atoms with van der Waals surface area (Å²) in [6, 6.07) is 16.7. The van der Waals surface area contributed by atoms with Gasteiger partial charge in [-0.2, -0.15) is 0 Å². The summed E-state index contributed by atoms with van der Waals surface area (Å²) in [5.74, 6) is -0.248. The highest BCUT2D eigenvalue weighted by Crippen LogP contribution is 2.20. The molecule has 2 rings (SSSR count). The van der Waals surface area contributed by atoms with Gasteiger partial charge >= 0.3 is 0 Å². The van der Waals surface area contributed by atoms with Gasteiger partial charge in [0.1, 0.15) is 5.82 Å². The highest BCUT2D eigenvalue weighted by molar-refractivity contribution is 5.18. The summed E-state index contributed by atoms with van der Waals surface area (Å²) in [4.78, 5) is 0. The Labute approximate surface area is 120 Å². The van der Waals surface area contributed by atoms with E-state index in [1.165, 1.54) is 17.7 Å². The minimum atomic E-state index is -0.789. The predicted molar refractivity (Wildman–Crippen MR) is 80.1 cm³/mol. The number of hydrogen-bond acceptors (Lipinski definition) is 1. The number of halogens is 1. The van der Waals surface area contributed by atoms with Gasteiger partial charge in [-0.05, 0) is 49.4 Å². The van der Waals surface area contributed by atoms with Crippen molar-refractivity contribution in [3.63, 3.8) is 0 Å². The van der Waals surface area contributed by atoms with Crippen molar-refractivity contribution >= 4 is 0 Å². The topological polar surface area (TPSA) is 20.2 Å². The molecule has 106 valence electrons. The van der Waals surface area contributed by atoms with Crippen molar-refractivity contribution in [2.24, 2.45) is 0 Å². The van der Waals surface area contributed by atoms with Crippen molar-refractivity contribution in [1.29, 1.82) is 0 Å². The molecule has 0 bridgehead atoms. The van der Waals surface area contributed by atoms with E-state index in [1.807, 2.05) is 31.2 Å². The van der Waals surface area contributed by atoms with Crippen LogP contribution in [0.4, 0.5) is 4.39 Å². The van der Waals surface area contributed by atoms with Crippen molar-refractivity contribution in [2.45, 2.75) is 38.2 Å². The number of aliphatic hydroxyl groups is 1. The van der Waals surface area contributed by atoms with Crippen LogP contribution in [0, 0.1) is 5.82 Å². The van der Waals surface area contributed by atoms with Gasteiger partial charge < -0.3 is 5.11 Å². The first-order valence-corrected chi connectivity index (χ1v) is 7.06. The Bertz CT molecular complexity index is 534. The fourth-order valence-corrected chi connectivity index (χ4v) is 2.49. The summed E-state index contributed by atoms with van der Waals surface area (Å²) in [6.07, 6.45) is 3.07. The molecule has 1 atom stereocenters. The Morgan fingerprint density at radius 3 is 2.40 bits per heavy atom. The fourth-order valence-electron chi connectivity index (χ4n) is 2.49. The lowest BCUT2D eigenvalue weighted by atomic mass is 9.90. The van der Waals surface area contributed by atoms with Crippen LogP contribution >= 0.6 is 0 Å². The third kappa shape index (κ3) is 4.78. The van der Waals surface area contributed by atoms with Crippen molar-refractivity contribution < 1.29 is 9.50 Å². The highest BCUT2D eigenvalue weighted by atomic mass is 19.1. The molecule has 0 aromatic heterocycles. The molecule has 0 saturated heterocycles. The molecule has 0 heterocycles. The second-order valence-corrected chi connectivity index (χ2v) is 5.64. The van der Waals surface area contributed by atoms with Gasteiger partial charge in [0.2, 0.25) is 0 Å². The predicted octanol–water partition coefficient (Wildman–Crippen LogP) is 4.14. The van der Waals surface area contributed by atoms with Crippen molar-refractivity contribution in [3.8, 4) is 0 Å². The zero-order valence-electron chi connectivity index (χ0n) is 11.8. The van der Waals surface area contributed by atoms with Gasteiger partial charge in [-0.3, -0.25) is 0 Å². The maximum atomic E-state index is 13.1. The molecule has 0 amide bonds. The van der Waals surface area contributed by atoms with Gasteiger partial charge in [0.25, 0.3) is 0 Å². The molecule has 1 N–H and O–H groups in total. The van der Waals surface area contributed by atoms with Crippen LogP contribution in [0.1, 0.15) is 30.9 Å². The largest absolute Gasteiger partial charge is 0.390 e. The Hall–Kier alpha value is -1.67. The second-order valence-electron chi connectivity index (χ2n) is 5.64. The van der Waals surface area contributed by atoms with Crippen LogP contribution in [0.3, 0.4) is 0 Å². The molecule has 1 unspecified atom stereocenters. The van der Waals surface area contributed by atoms with Gasteiger partial charge in [0.15, 0.2) is 0 Å². The third-order valence-electron chi connectivity index (χ3n) is 3.50. The van der Waals surface area contributed by atoms with Gasteiger partial charge in [-0.25, -0.2) is 4.39 Å². The minimum Gasteiger partial charge on any atom is -0.390 e.